The molecule has 1 N–H and O–H groups in total. The van der Waals surface area contributed by atoms with Gasteiger partial charge in [-0.3, -0.25) is 0 Å². The van der Waals surface area contributed by atoms with Crippen LogP contribution >= 0.6 is 11.6 Å². The van der Waals surface area contributed by atoms with Crippen LogP contribution in [0.25, 0.3) is 0 Å². The van der Waals surface area contributed by atoms with Crippen LogP contribution in [-0.2, 0) is 0 Å². The average Bonchev–Trinajstić information content (AvgIpc) is 2.03. The second-order valence-corrected chi connectivity index (χ2v) is 2.86. The largest absolute Gasteiger partial charge is 0.508 e. The van der Waals surface area contributed by atoms with E-state index in [9.17, 15) is 10.0 Å². The quantitative estimate of drug-likeness (QED) is 0.721. The van der Waals surface area contributed by atoms with Crippen molar-refractivity contribution in [3.05, 3.63) is 33.7 Å². The fourth-order valence-corrected chi connectivity index (χ4v) is 1.32. The molecule has 0 unspecified atom stereocenters. The molecule has 0 saturated heterocycles. The maximum absolute atomic E-state index is 10.2. The second kappa shape index (κ2) is 3.54. The Kier molecular flexibility index (Phi) is 2.65. The van der Waals surface area contributed by atoms with Gasteiger partial charge in [-0.25, -0.2) is 0 Å². The van der Waals surface area contributed by atoms with Crippen LogP contribution in [0.2, 0.25) is 5.02 Å². The molecule has 0 aliphatic heterocycles. The first kappa shape index (κ1) is 9.00. The van der Waals surface area contributed by atoms with E-state index in [0.29, 0.717) is 10.6 Å². The van der Waals surface area contributed by atoms with Gasteiger partial charge < -0.3 is 5.11 Å². The SMILES string of the molecule is C[C@@H](N=O)c1c(O)cccc1Cl. The van der Waals surface area contributed by atoms with Crippen LogP contribution < -0.4 is 0 Å². The molecule has 64 valence electrons. The third-order valence-corrected chi connectivity index (χ3v) is 1.94. The van der Waals surface area contributed by atoms with Crippen LogP contribution in [0.3, 0.4) is 0 Å². The fourth-order valence-electron chi connectivity index (χ4n) is 0.992. The van der Waals surface area contributed by atoms with Crippen LogP contribution in [0.15, 0.2) is 23.4 Å². The summed E-state index contributed by atoms with van der Waals surface area (Å²) in [4.78, 5) is 10.2. The van der Waals surface area contributed by atoms with E-state index in [1.807, 2.05) is 0 Å². The lowest BCUT2D eigenvalue weighted by Crippen LogP contribution is -1.90. The minimum Gasteiger partial charge on any atom is -0.508 e. The van der Waals surface area contributed by atoms with Crippen LogP contribution in [0.1, 0.15) is 18.5 Å². The summed E-state index contributed by atoms with van der Waals surface area (Å²) in [6, 6.07) is 4.08. The van der Waals surface area contributed by atoms with E-state index in [4.69, 9.17) is 11.6 Å². The molecule has 0 saturated carbocycles. The molecule has 0 fully saturated rings. The number of hydrogen-bond donors (Lipinski definition) is 1. The Balaban J connectivity index is 3.20. The minimum atomic E-state index is -0.612. The number of hydrogen-bond acceptors (Lipinski definition) is 3. The predicted octanol–water partition coefficient (Wildman–Crippen LogP) is 2.87. The third-order valence-electron chi connectivity index (χ3n) is 1.61. The monoisotopic (exact) mass is 185 g/mol. The van der Waals surface area contributed by atoms with Gasteiger partial charge in [-0.05, 0) is 19.1 Å². The summed E-state index contributed by atoms with van der Waals surface area (Å²) < 4.78 is 0. The number of aromatic hydroxyl groups is 1. The molecule has 1 aromatic carbocycles. The number of phenols is 1. The van der Waals surface area contributed by atoms with Crippen molar-refractivity contribution < 1.29 is 5.11 Å². The Morgan fingerprint density at radius 3 is 2.75 bits per heavy atom. The molecule has 12 heavy (non-hydrogen) atoms. The van der Waals surface area contributed by atoms with Gasteiger partial charge >= 0.3 is 0 Å². The number of halogens is 1. The van der Waals surface area contributed by atoms with Gasteiger partial charge in [0.1, 0.15) is 11.8 Å². The van der Waals surface area contributed by atoms with Gasteiger partial charge in [-0.2, -0.15) is 4.91 Å². The molecule has 0 spiro atoms. The van der Waals surface area contributed by atoms with Gasteiger partial charge in [-0.1, -0.05) is 22.8 Å². The van der Waals surface area contributed by atoms with Gasteiger partial charge in [0.2, 0.25) is 0 Å². The Hall–Kier alpha value is -1.09. The van der Waals surface area contributed by atoms with Crippen LogP contribution in [0.5, 0.6) is 5.75 Å². The fraction of sp³-hybridized carbons (Fsp3) is 0.250. The first-order chi connectivity index (χ1) is 5.66. The highest BCUT2D eigenvalue weighted by Gasteiger charge is 2.13. The molecule has 1 aromatic rings. The Bertz CT molecular complexity index is 281. The van der Waals surface area contributed by atoms with E-state index >= 15 is 0 Å². The van der Waals surface area contributed by atoms with Crippen LogP contribution in [0.4, 0.5) is 0 Å². The summed E-state index contributed by atoms with van der Waals surface area (Å²) in [7, 11) is 0. The maximum Gasteiger partial charge on any atom is 0.122 e. The van der Waals surface area contributed by atoms with Gasteiger partial charge in [0.25, 0.3) is 0 Å². The summed E-state index contributed by atoms with van der Waals surface area (Å²) >= 11 is 5.74. The Morgan fingerprint density at radius 1 is 1.58 bits per heavy atom. The molecule has 1 atom stereocenters. The highest BCUT2D eigenvalue weighted by molar-refractivity contribution is 6.31. The Morgan fingerprint density at radius 2 is 2.25 bits per heavy atom. The smallest absolute Gasteiger partial charge is 0.122 e. The number of nitroso groups, excluding NO2 is 1. The molecular weight excluding hydrogens is 178 g/mol. The lowest BCUT2D eigenvalue weighted by Gasteiger charge is -2.07. The van der Waals surface area contributed by atoms with E-state index < -0.39 is 6.04 Å². The first-order valence-corrected chi connectivity index (χ1v) is 3.84. The summed E-state index contributed by atoms with van der Waals surface area (Å²) in [5.41, 5.74) is 0.383. The van der Waals surface area contributed by atoms with Gasteiger partial charge in [0.15, 0.2) is 0 Å². The van der Waals surface area contributed by atoms with E-state index in [2.05, 4.69) is 5.18 Å². The molecule has 0 amide bonds. The molecule has 0 aliphatic rings. The number of rotatable bonds is 2. The standard InChI is InChI=1S/C8H8ClNO2/c1-5(10-12)8-6(9)3-2-4-7(8)11/h2-5,11H,1H3/t5-/m1/s1. The predicted molar refractivity (Wildman–Crippen MR) is 47.3 cm³/mol. The van der Waals surface area contributed by atoms with E-state index in [-0.39, 0.29) is 5.75 Å². The van der Waals surface area contributed by atoms with Crippen molar-refractivity contribution in [2.75, 3.05) is 0 Å². The summed E-state index contributed by atoms with van der Waals surface area (Å²) in [6.07, 6.45) is 0. The summed E-state index contributed by atoms with van der Waals surface area (Å²) in [5.74, 6) is 0.00889. The molecule has 0 radical (unpaired) electrons. The molecular formula is C8H8ClNO2. The van der Waals surface area contributed by atoms with Crippen molar-refractivity contribution in [1.29, 1.82) is 0 Å². The lowest BCUT2D eigenvalue weighted by atomic mass is 10.1. The number of benzene rings is 1. The zero-order chi connectivity index (χ0) is 9.14. The molecule has 0 bridgehead atoms. The summed E-state index contributed by atoms with van der Waals surface area (Å²) in [5, 5.41) is 12.5. The lowest BCUT2D eigenvalue weighted by molar-refractivity contribution is 0.464. The maximum atomic E-state index is 10.2. The van der Waals surface area contributed by atoms with Crippen molar-refractivity contribution in [3.8, 4) is 5.75 Å². The normalized spacial score (nSPS) is 12.5. The van der Waals surface area contributed by atoms with Crippen molar-refractivity contribution in [2.24, 2.45) is 5.18 Å². The van der Waals surface area contributed by atoms with E-state index in [1.165, 1.54) is 6.07 Å². The Labute approximate surface area is 75.0 Å². The average molecular weight is 186 g/mol. The van der Waals surface area contributed by atoms with E-state index in [1.54, 1.807) is 19.1 Å². The van der Waals surface area contributed by atoms with Gasteiger partial charge in [0, 0.05) is 10.6 Å². The van der Waals surface area contributed by atoms with Crippen molar-refractivity contribution in [2.45, 2.75) is 13.0 Å². The molecule has 3 nitrogen and oxygen atoms in total. The molecule has 0 heterocycles. The van der Waals surface area contributed by atoms with Gasteiger partial charge in [-0.15, -0.1) is 0 Å². The third kappa shape index (κ3) is 1.56. The van der Waals surface area contributed by atoms with Crippen molar-refractivity contribution >= 4 is 11.6 Å². The van der Waals surface area contributed by atoms with Crippen molar-refractivity contribution in [1.82, 2.24) is 0 Å². The number of phenolic OH excluding ortho intramolecular Hbond substituents is 1. The first-order valence-electron chi connectivity index (χ1n) is 3.46. The van der Waals surface area contributed by atoms with E-state index in [0.717, 1.165) is 0 Å². The molecule has 4 heteroatoms. The molecule has 0 aliphatic carbocycles. The highest BCUT2D eigenvalue weighted by atomic mass is 35.5. The summed E-state index contributed by atoms with van der Waals surface area (Å²) in [6.45, 7) is 1.58. The van der Waals surface area contributed by atoms with Crippen molar-refractivity contribution in [3.63, 3.8) is 0 Å². The topological polar surface area (TPSA) is 49.7 Å². The second-order valence-electron chi connectivity index (χ2n) is 2.45. The number of nitrogens with zero attached hydrogens (tertiary/aromatic N) is 1. The highest BCUT2D eigenvalue weighted by Crippen LogP contribution is 2.32. The zero-order valence-corrected chi connectivity index (χ0v) is 7.25. The minimum absolute atomic E-state index is 0.00889. The van der Waals surface area contributed by atoms with Crippen LogP contribution in [0, 0.1) is 4.91 Å². The van der Waals surface area contributed by atoms with Gasteiger partial charge in [0.05, 0.1) is 0 Å². The molecule has 1 rings (SSSR count). The zero-order valence-electron chi connectivity index (χ0n) is 6.49. The van der Waals surface area contributed by atoms with Crippen LogP contribution in [-0.4, -0.2) is 5.11 Å². The molecule has 0 aromatic heterocycles.